The van der Waals surface area contributed by atoms with Crippen LogP contribution in [-0.4, -0.2) is 55.0 Å². The number of allylic oxidation sites excluding steroid dienone is 4. The number of esters is 2. The van der Waals surface area contributed by atoms with Gasteiger partial charge in [-0.2, -0.15) is 0 Å². The van der Waals surface area contributed by atoms with E-state index in [4.69, 9.17) is 9.47 Å². The van der Waals surface area contributed by atoms with Crippen LogP contribution >= 0.6 is 0 Å². The summed E-state index contributed by atoms with van der Waals surface area (Å²) in [5.41, 5.74) is -0.636. The lowest BCUT2D eigenvalue weighted by Gasteiger charge is -2.36. The van der Waals surface area contributed by atoms with Crippen molar-refractivity contribution >= 4 is 35.2 Å². The first-order valence-electron chi connectivity index (χ1n) is 16.2. The molecule has 1 amide bonds. The number of hydrogen-bond donors (Lipinski definition) is 1. The zero-order valence-corrected chi connectivity index (χ0v) is 29.6. The predicted octanol–water partition coefficient (Wildman–Crippen LogP) is 6.42. The molecule has 0 atom stereocenters. The van der Waals surface area contributed by atoms with Crippen molar-refractivity contribution in [2.75, 3.05) is 19.8 Å². The van der Waals surface area contributed by atoms with E-state index in [9.17, 15) is 28.8 Å². The van der Waals surface area contributed by atoms with Crippen LogP contribution in [0.2, 0.25) is 0 Å². The van der Waals surface area contributed by atoms with Crippen LogP contribution in [0.25, 0.3) is 0 Å². The van der Waals surface area contributed by atoms with Crippen molar-refractivity contribution < 1.29 is 38.2 Å². The molecule has 1 aliphatic rings. The van der Waals surface area contributed by atoms with Gasteiger partial charge in [0, 0.05) is 65.2 Å². The van der Waals surface area contributed by atoms with E-state index in [0.29, 0.717) is 42.7 Å². The molecule has 254 valence electrons. The number of nitrogens with one attached hydrogen (secondary N) is 1. The molecule has 0 aliphatic heterocycles. The summed E-state index contributed by atoms with van der Waals surface area (Å²) in [6.45, 7) is 20.9. The van der Waals surface area contributed by atoms with Crippen LogP contribution in [-0.2, 0) is 38.2 Å². The molecule has 0 spiro atoms. The van der Waals surface area contributed by atoms with Crippen molar-refractivity contribution in [2.24, 2.45) is 22.2 Å². The third kappa shape index (κ3) is 13.4. The summed E-state index contributed by atoms with van der Waals surface area (Å²) in [5.74, 6) is -1.18. The molecule has 0 radical (unpaired) electrons. The van der Waals surface area contributed by atoms with E-state index in [1.165, 1.54) is 0 Å². The SMILES string of the molecule is CC1=C(C(C)(C)CC(=O)CCCOC(=O)CCC(C)C)C(=O)C(C)=C(C(C)(C)CC(=O)NCCOC(=O)CCC(C)(C)C)C1=O. The molecule has 1 aliphatic carbocycles. The molecule has 0 aromatic rings. The number of rotatable bonds is 18. The molecule has 0 aromatic carbocycles. The van der Waals surface area contributed by atoms with Gasteiger partial charge in [-0.05, 0) is 44.4 Å². The van der Waals surface area contributed by atoms with Crippen molar-refractivity contribution in [3.8, 4) is 0 Å². The first-order valence-corrected chi connectivity index (χ1v) is 16.2. The van der Waals surface area contributed by atoms with Crippen LogP contribution in [0.15, 0.2) is 22.3 Å². The lowest BCUT2D eigenvalue weighted by Crippen LogP contribution is -2.38. The van der Waals surface area contributed by atoms with E-state index in [1.807, 2.05) is 34.6 Å². The molecular formula is C36H57NO8. The van der Waals surface area contributed by atoms with Crippen molar-refractivity contribution in [3.05, 3.63) is 22.3 Å². The zero-order valence-electron chi connectivity index (χ0n) is 29.6. The summed E-state index contributed by atoms with van der Waals surface area (Å²) in [6, 6.07) is 0. The molecule has 0 aromatic heterocycles. The minimum Gasteiger partial charge on any atom is -0.466 e. The first-order chi connectivity index (χ1) is 20.6. The average Bonchev–Trinajstić information content (AvgIpc) is 2.89. The topological polar surface area (TPSA) is 133 Å². The average molecular weight is 632 g/mol. The fraction of sp³-hybridized carbons (Fsp3) is 0.722. The summed E-state index contributed by atoms with van der Waals surface area (Å²) in [7, 11) is 0. The molecule has 0 fully saturated rings. The summed E-state index contributed by atoms with van der Waals surface area (Å²) < 4.78 is 10.4. The molecule has 0 heterocycles. The molecule has 0 bridgehead atoms. The van der Waals surface area contributed by atoms with Gasteiger partial charge in [-0.15, -0.1) is 0 Å². The van der Waals surface area contributed by atoms with Gasteiger partial charge in [-0.1, -0.05) is 62.3 Å². The van der Waals surface area contributed by atoms with Crippen LogP contribution in [0.3, 0.4) is 0 Å². The summed E-state index contributed by atoms with van der Waals surface area (Å²) in [4.78, 5) is 76.8. The maximum absolute atomic E-state index is 13.7. The van der Waals surface area contributed by atoms with E-state index < -0.39 is 10.8 Å². The molecule has 45 heavy (non-hydrogen) atoms. The van der Waals surface area contributed by atoms with Gasteiger partial charge in [0.2, 0.25) is 5.91 Å². The van der Waals surface area contributed by atoms with Gasteiger partial charge in [0.15, 0.2) is 11.6 Å². The van der Waals surface area contributed by atoms with Crippen LogP contribution < -0.4 is 5.32 Å². The normalized spacial score (nSPS) is 14.7. The van der Waals surface area contributed by atoms with Gasteiger partial charge in [-0.25, -0.2) is 0 Å². The summed E-state index contributed by atoms with van der Waals surface area (Å²) in [5, 5.41) is 2.74. The fourth-order valence-corrected chi connectivity index (χ4v) is 5.63. The number of carbonyl (C=O) groups is 6. The van der Waals surface area contributed by atoms with E-state index in [2.05, 4.69) is 5.32 Å². The Morgan fingerprint density at radius 2 is 1.20 bits per heavy atom. The molecule has 0 saturated heterocycles. The summed E-state index contributed by atoms with van der Waals surface area (Å²) >= 11 is 0. The number of ether oxygens (including phenoxy) is 2. The minimum absolute atomic E-state index is 0.0245. The second-order valence-electron chi connectivity index (χ2n) is 15.2. The van der Waals surface area contributed by atoms with E-state index in [0.717, 1.165) is 6.42 Å². The molecule has 0 unspecified atom stereocenters. The maximum Gasteiger partial charge on any atom is 0.305 e. The smallest absolute Gasteiger partial charge is 0.305 e. The highest BCUT2D eigenvalue weighted by Gasteiger charge is 2.43. The van der Waals surface area contributed by atoms with Crippen LogP contribution in [0.1, 0.15) is 128 Å². The standard InChI is InChI=1S/C36H57NO8/c1-23(2)14-15-28(40)44-19-12-13-26(38)21-35(8,9)30-24(3)33(43)31(25(4)32(30)42)36(10,11)22-27(39)37-18-20-45-29(41)16-17-34(5,6)7/h23H,12-22H2,1-11H3,(H,37,39). The predicted molar refractivity (Wildman–Crippen MR) is 174 cm³/mol. The molecule has 1 N–H and O–H groups in total. The lowest BCUT2D eigenvalue weighted by atomic mass is 9.65. The van der Waals surface area contributed by atoms with Crippen LogP contribution in [0.5, 0.6) is 0 Å². The Morgan fingerprint density at radius 3 is 1.71 bits per heavy atom. The maximum atomic E-state index is 13.7. The van der Waals surface area contributed by atoms with Crippen LogP contribution in [0.4, 0.5) is 0 Å². The minimum atomic E-state index is -0.941. The van der Waals surface area contributed by atoms with Gasteiger partial charge >= 0.3 is 11.9 Å². The Kier molecular flexibility index (Phi) is 15.1. The van der Waals surface area contributed by atoms with Gasteiger partial charge in [0.05, 0.1) is 13.2 Å². The highest BCUT2D eigenvalue weighted by Crippen LogP contribution is 2.44. The van der Waals surface area contributed by atoms with Crippen molar-refractivity contribution in [3.63, 3.8) is 0 Å². The first kappa shape index (κ1) is 39.9. The molecule has 9 heteroatoms. The molecule has 0 saturated carbocycles. The molecule has 9 nitrogen and oxygen atoms in total. The third-order valence-electron chi connectivity index (χ3n) is 8.04. The fourth-order valence-electron chi connectivity index (χ4n) is 5.63. The Morgan fingerprint density at radius 1 is 0.711 bits per heavy atom. The van der Waals surface area contributed by atoms with Gasteiger partial charge in [0.25, 0.3) is 0 Å². The number of ketones is 3. The number of Topliss-reactive ketones (excluding diaryl/α,β-unsaturated/α-hetero) is 3. The Labute approximate surface area is 270 Å². The zero-order chi connectivity index (χ0) is 34.8. The second kappa shape index (κ2) is 17.0. The quantitative estimate of drug-likeness (QED) is 0.104. The number of carbonyl (C=O) groups excluding carboxylic acids is 6. The van der Waals surface area contributed by atoms with E-state index >= 15 is 0 Å². The Balaban J connectivity index is 2.78. The summed E-state index contributed by atoms with van der Waals surface area (Å²) in [6.07, 6.45) is 2.74. The van der Waals surface area contributed by atoms with E-state index in [-0.39, 0.29) is 90.8 Å². The van der Waals surface area contributed by atoms with E-state index in [1.54, 1.807) is 41.5 Å². The Hall–Kier alpha value is -3.10. The van der Waals surface area contributed by atoms with Crippen molar-refractivity contribution in [2.45, 2.75) is 128 Å². The van der Waals surface area contributed by atoms with Gasteiger partial charge in [0.1, 0.15) is 12.4 Å². The lowest BCUT2D eigenvalue weighted by molar-refractivity contribution is -0.145. The van der Waals surface area contributed by atoms with Gasteiger partial charge < -0.3 is 14.8 Å². The number of amides is 1. The molecular weight excluding hydrogens is 574 g/mol. The monoisotopic (exact) mass is 631 g/mol. The molecule has 1 rings (SSSR count). The van der Waals surface area contributed by atoms with Gasteiger partial charge in [-0.3, -0.25) is 28.8 Å². The highest BCUT2D eigenvalue weighted by atomic mass is 16.5. The second-order valence-corrected chi connectivity index (χ2v) is 15.2. The highest BCUT2D eigenvalue weighted by molar-refractivity contribution is 6.26. The van der Waals surface area contributed by atoms with Crippen molar-refractivity contribution in [1.29, 1.82) is 0 Å². The largest absolute Gasteiger partial charge is 0.466 e. The third-order valence-corrected chi connectivity index (χ3v) is 8.04. The van der Waals surface area contributed by atoms with Crippen LogP contribution in [0, 0.1) is 22.2 Å². The van der Waals surface area contributed by atoms with Crippen molar-refractivity contribution in [1.82, 2.24) is 5.32 Å². The number of hydrogen-bond acceptors (Lipinski definition) is 8. The Bertz CT molecular complexity index is 1190.